The van der Waals surface area contributed by atoms with E-state index >= 15 is 0 Å². The van der Waals surface area contributed by atoms with Crippen molar-refractivity contribution in [3.63, 3.8) is 0 Å². The highest BCUT2D eigenvalue weighted by Gasteiger charge is 2.43. The highest BCUT2D eigenvalue weighted by molar-refractivity contribution is 5.72. The van der Waals surface area contributed by atoms with Gasteiger partial charge in [0.25, 0.3) is 0 Å². The van der Waals surface area contributed by atoms with Gasteiger partial charge in [-0.05, 0) is 39.2 Å². The quantitative estimate of drug-likeness (QED) is 0.818. The van der Waals surface area contributed by atoms with E-state index < -0.39 is 23.6 Å². The van der Waals surface area contributed by atoms with Crippen molar-refractivity contribution in [3.05, 3.63) is 35.9 Å². The van der Waals surface area contributed by atoms with Crippen molar-refractivity contribution >= 4 is 12.2 Å². The van der Waals surface area contributed by atoms with E-state index in [9.17, 15) is 14.7 Å². The Hall–Kier alpha value is -2.28. The molecule has 7 nitrogen and oxygen atoms in total. The summed E-state index contributed by atoms with van der Waals surface area (Å²) in [6.07, 6.45) is 0.153. The van der Waals surface area contributed by atoms with Gasteiger partial charge in [0.15, 0.2) is 0 Å². The van der Waals surface area contributed by atoms with Crippen molar-refractivity contribution in [2.45, 2.75) is 58.1 Å². The number of hydrogen-bond acceptors (Lipinski definition) is 5. The zero-order valence-electron chi connectivity index (χ0n) is 14.9. The van der Waals surface area contributed by atoms with Crippen LogP contribution < -0.4 is 5.32 Å². The van der Waals surface area contributed by atoms with E-state index in [1.54, 1.807) is 20.8 Å². The number of nitrogens with one attached hydrogen (secondary N) is 1. The smallest absolute Gasteiger partial charge is 0.413 e. The van der Waals surface area contributed by atoms with Crippen LogP contribution in [-0.2, 0) is 16.1 Å². The first-order valence-corrected chi connectivity index (χ1v) is 8.41. The lowest BCUT2D eigenvalue weighted by molar-refractivity contribution is -0.139. The third-order valence-corrected chi connectivity index (χ3v) is 3.73. The predicted molar refractivity (Wildman–Crippen MR) is 91.5 cm³/mol. The maximum Gasteiger partial charge on any atom is 0.413 e. The van der Waals surface area contributed by atoms with E-state index in [1.807, 2.05) is 30.3 Å². The van der Waals surface area contributed by atoms with Crippen LogP contribution in [-0.4, -0.2) is 40.2 Å². The van der Waals surface area contributed by atoms with Gasteiger partial charge in [-0.2, -0.15) is 0 Å². The molecule has 0 unspecified atom stereocenters. The van der Waals surface area contributed by atoms with Gasteiger partial charge >= 0.3 is 12.2 Å². The maximum absolute atomic E-state index is 12.4. The third kappa shape index (κ3) is 5.63. The van der Waals surface area contributed by atoms with Crippen LogP contribution in [0.3, 0.4) is 0 Å². The van der Waals surface area contributed by atoms with E-state index in [2.05, 4.69) is 5.32 Å². The molecule has 1 heterocycles. The Balaban J connectivity index is 2.00. The van der Waals surface area contributed by atoms with Crippen LogP contribution in [0.4, 0.5) is 9.59 Å². The molecule has 1 fully saturated rings. The molecule has 0 saturated carbocycles. The number of rotatable bonds is 3. The predicted octanol–water partition coefficient (Wildman–Crippen LogP) is 2.98. The zero-order valence-corrected chi connectivity index (χ0v) is 14.9. The van der Waals surface area contributed by atoms with E-state index in [4.69, 9.17) is 9.47 Å². The van der Waals surface area contributed by atoms with Gasteiger partial charge in [-0.25, -0.2) is 9.59 Å². The second-order valence-electron chi connectivity index (χ2n) is 7.09. The number of carbonyl (C=O) groups is 2. The molecule has 0 bridgehead atoms. The fraction of sp³-hybridized carbons (Fsp3) is 0.556. The zero-order chi connectivity index (χ0) is 18.5. The minimum Gasteiger partial charge on any atom is -0.444 e. The van der Waals surface area contributed by atoms with Gasteiger partial charge in [0.2, 0.25) is 5.85 Å². The Morgan fingerprint density at radius 1 is 1.24 bits per heavy atom. The van der Waals surface area contributed by atoms with E-state index in [0.29, 0.717) is 13.0 Å². The summed E-state index contributed by atoms with van der Waals surface area (Å²) in [5.41, 5.74) is 0.143. The first-order valence-electron chi connectivity index (χ1n) is 8.41. The molecular formula is C18H26N2O5. The summed E-state index contributed by atoms with van der Waals surface area (Å²) in [7, 11) is 0. The molecule has 1 saturated heterocycles. The number of likely N-dealkylation sites (tertiary alicyclic amines) is 1. The molecule has 1 aromatic carbocycles. The van der Waals surface area contributed by atoms with E-state index in [-0.39, 0.29) is 13.0 Å². The number of ether oxygens (including phenoxy) is 2. The molecule has 1 aromatic rings. The number of nitrogens with zero attached hydrogens (tertiary/aromatic N) is 1. The average Bonchev–Trinajstić information content (AvgIpc) is 2.51. The molecular weight excluding hydrogens is 324 g/mol. The summed E-state index contributed by atoms with van der Waals surface area (Å²) in [4.78, 5) is 25.6. The SMILES string of the molecule is CC(C)(C)OC(=O)N[C@@]1(O)CCCCN1C(=O)OCc1ccccc1. The summed E-state index contributed by atoms with van der Waals surface area (Å²) in [5.74, 6) is -1.81. The first-order chi connectivity index (χ1) is 11.7. The van der Waals surface area contributed by atoms with Gasteiger partial charge in [-0.1, -0.05) is 30.3 Å². The minimum atomic E-state index is -1.81. The van der Waals surface area contributed by atoms with Crippen molar-refractivity contribution in [1.82, 2.24) is 10.2 Å². The maximum atomic E-state index is 12.4. The van der Waals surface area contributed by atoms with Crippen LogP contribution in [0.2, 0.25) is 0 Å². The molecule has 25 heavy (non-hydrogen) atoms. The molecule has 1 aliphatic heterocycles. The van der Waals surface area contributed by atoms with Crippen LogP contribution in [0, 0.1) is 0 Å². The number of piperidine rings is 1. The standard InChI is InChI=1S/C18H26N2O5/c1-17(2,3)25-15(21)19-18(23)11-7-8-12-20(18)16(22)24-13-14-9-5-4-6-10-14/h4-6,9-10,23H,7-8,11-13H2,1-3H3,(H,19,21)/t18-/m0/s1. The van der Waals surface area contributed by atoms with Gasteiger partial charge in [0, 0.05) is 13.0 Å². The van der Waals surface area contributed by atoms with Crippen LogP contribution in [0.1, 0.15) is 45.6 Å². The average molecular weight is 350 g/mol. The summed E-state index contributed by atoms with van der Waals surface area (Å²) < 4.78 is 10.5. The Kier molecular flexibility index (Phi) is 5.89. The fourth-order valence-corrected chi connectivity index (χ4v) is 2.60. The monoisotopic (exact) mass is 350 g/mol. The van der Waals surface area contributed by atoms with Crippen LogP contribution in [0.15, 0.2) is 30.3 Å². The molecule has 2 amide bonds. The molecule has 138 valence electrons. The van der Waals surface area contributed by atoms with Crippen LogP contribution >= 0.6 is 0 Å². The van der Waals surface area contributed by atoms with Crippen molar-refractivity contribution in [2.75, 3.05) is 6.54 Å². The van der Waals surface area contributed by atoms with Crippen LogP contribution in [0.5, 0.6) is 0 Å². The summed E-state index contributed by atoms with van der Waals surface area (Å²) >= 11 is 0. The Morgan fingerprint density at radius 2 is 1.92 bits per heavy atom. The molecule has 7 heteroatoms. The van der Waals surface area contributed by atoms with E-state index in [0.717, 1.165) is 16.9 Å². The van der Waals surface area contributed by atoms with Crippen molar-refractivity contribution in [1.29, 1.82) is 0 Å². The van der Waals surface area contributed by atoms with E-state index in [1.165, 1.54) is 0 Å². The molecule has 0 aromatic heterocycles. The Bertz CT molecular complexity index is 599. The highest BCUT2D eigenvalue weighted by atomic mass is 16.6. The topological polar surface area (TPSA) is 88.1 Å². The van der Waals surface area contributed by atoms with Gasteiger partial charge in [-0.3, -0.25) is 10.2 Å². The molecule has 1 aliphatic rings. The molecule has 2 N–H and O–H groups in total. The normalized spacial score (nSPS) is 20.7. The number of aliphatic hydroxyl groups is 1. The summed E-state index contributed by atoms with van der Waals surface area (Å²) in [5, 5.41) is 13.2. The number of carbonyl (C=O) groups excluding carboxylic acids is 2. The number of benzene rings is 1. The van der Waals surface area contributed by atoms with Gasteiger partial charge in [-0.15, -0.1) is 0 Å². The Morgan fingerprint density at radius 3 is 2.56 bits per heavy atom. The van der Waals surface area contributed by atoms with Gasteiger partial charge in [0.1, 0.15) is 12.2 Å². The van der Waals surface area contributed by atoms with Gasteiger partial charge < -0.3 is 14.6 Å². The first kappa shape index (κ1) is 19.1. The molecule has 0 aliphatic carbocycles. The number of hydrogen-bond donors (Lipinski definition) is 2. The van der Waals surface area contributed by atoms with Crippen molar-refractivity contribution in [2.24, 2.45) is 0 Å². The molecule has 0 spiro atoms. The second-order valence-corrected chi connectivity index (χ2v) is 7.09. The van der Waals surface area contributed by atoms with Gasteiger partial charge in [0.05, 0.1) is 0 Å². The minimum absolute atomic E-state index is 0.0959. The fourth-order valence-electron chi connectivity index (χ4n) is 2.60. The Labute approximate surface area is 147 Å². The lowest BCUT2D eigenvalue weighted by Crippen LogP contribution is -2.64. The molecule has 1 atom stereocenters. The van der Waals surface area contributed by atoms with Crippen molar-refractivity contribution < 1.29 is 24.2 Å². The number of alkyl carbamates (subject to hydrolysis) is 1. The summed E-state index contributed by atoms with van der Waals surface area (Å²) in [6.45, 7) is 5.56. The second kappa shape index (κ2) is 7.74. The molecule has 2 rings (SSSR count). The number of amides is 2. The lowest BCUT2D eigenvalue weighted by Gasteiger charge is -2.42. The highest BCUT2D eigenvalue weighted by Crippen LogP contribution is 2.25. The lowest BCUT2D eigenvalue weighted by atomic mass is 10.1. The third-order valence-electron chi connectivity index (χ3n) is 3.73. The summed E-state index contributed by atoms with van der Waals surface area (Å²) in [6, 6.07) is 9.26. The molecule has 0 radical (unpaired) electrons. The van der Waals surface area contributed by atoms with Crippen molar-refractivity contribution in [3.8, 4) is 0 Å². The largest absolute Gasteiger partial charge is 0.444 e. The van der Waals surface area contributed by atoms with Crippen LogP contribution in [0.25, 0.3) is 0 Å².